The standard InChI is InChI=1S/C40H52N4O4/c1-5-13-37(14-6-1)41-21-29-45-31-23-42(38-15-7-2-8-16-38)25-33-47-35-27-44(40-19-11-4-12-20-40)28-36-48-34-26-43(24-32-46-30-22-41)39-17-9-3-10-18-39/h1-20H,21-36H2. The minimum atomic E-state index is 0.644. The van der Waals surface area contributed by atoms with Gasteiger partial charge in [-0.3, -0.25) is 0 Å². The van der Waals surface area contributed by atoms with E-state index in [1.807, 2.05) is 0 Å². The average Bonchev–Trinajstić information content (AvgIpc) is 3.15. The number of hydrogen-bond donors (Lipinski definition) is 0. The van der Waals surface area contributed by atoms with Crippen LogP contribution in [0.15, 0.2) is 121 Å². The van der Waals surface area contributed by atoms with E-state index in [2.05, 4.69) is 141 Å². The fourth-order valence-electron chi connectivity index (χ4n) is 5.84. The Balaban J connectivity index is 1.22. The van der Waals surface area contributed by atoms with Gasteiger partial charge in [0.2, 0.25) is 0 Å². The molecule has 48 heavy (non-hydrogen) atoms. The normalized spacial score (nSPS) is 17.8. The Hall–Kier alpha value is -4.08. The van der Waals surface area contributed by atoms with Crippen molar-refractivity contribution in [2.24, 2.45) is 0 Å². The van der Waals surface area contributed by atoms with Crippen molar-refractivity contribution in [1.29, 1.82) is 0 Å². The predicted molar refractivity (Wildman–Crippen MR) is 198 cm³/mol. The lowest BCUT2D eigenvalue weighted by molar-refractivity contribution is 0.123. The minimum absolute atomic E-state index is 0.644. The van der Waals surface area contributed by atoms with Crippen LogP contribution < -0.4 is 19.6 Å². The highest BCUT2D eigenvalue weighted by atomic mass is 16.5. The second kappa shape index (κ2) is 21.0. The van der Waals surface area contributed by atoms with Crippen LogP contribution in [0, 0.1) is 0 Å². The molecule has 1 fully saturated rings. The van der Waals surface area contributed by atoms with Gasteiger partial charge in [-0.25, -0.2) is 0 Å². The molecule has 0 atom stereocenters. The maximum absolute atomic E-state index is 6.21. The van der Waals surface area contributed by atoms with Gasteiger partial charge in [0.05, 0.1) is 52.9 Å². The van der Waals surface area contributed by atoms with Crippen LogP contribution in [-0.4, -0.2) is 105 Å². The predicted octanol–water partition coefficient (Wildman–Crippen LogP) is 6.09. The molecule has 0 spiro atoms. The van der Waals surface area contributed by atoms with E-state index in [-0.39, 0.29) is 0 Å². The van der Waals surface area contributed by atoms with Crippen molar-refractivity contribution in [1.82, 2.24) is 0 Å². The third-order valence-electron chi connectivity index (χ3n) is 8.53. The molecule has 1 aliphatic rings. The summed E-state index contributed by atoms with van der Waals surface area (Å²) >= 11 is 0. The zero-order valence-corrected chi connectivity index (χ0v) is 28.3. The lowest BCUT2D eigenvalue weighted by atomic mass is 10.3. The molecule has 0 bridgehead atoms. The first-order valence-corrected chi connectivity index (χ1v) is 17.4. The number of hydrogen-bond acceptors (Lipinski definition) is 8. The molecule has 0 N–H and O–H groups in total. The van der Waals surface area contributed by atoms with E-state index in [9.17, 15) is 0 Å². The summed E-state index contributed by atoms with van der Waals surface area (Å²) in [6, 6.07) is 42.1. The first kappa shape index (κ1) is 35.2. The highest BCUT2D eigenvalue weighted by Gasteiger charge is 2.12. The lowest BCUT2D eigenvalue weighted by Gasteiger charge is -2.28. The molecule has 0 radical (unpaired) electrons. The van der Waals surface area contributed by atoms with Crippen LogP contribution in [0.1, 0.15) is 0 Å². The number of rotatable bonds is 4. The summed E-state index contributed by atoms with van der Waals surface area (Å²) < 4.78 is 24.8. The van der Waals surface area contributed by atoms with E-state index in [4.69, 9.17) is 18.9 Å². The number of anilines is 4. The number of benzene rings is 4. The van der Waals surface area contributed by atoms with Gasteiger partial charge in [-0.1, -0.05) is 72.8 Å². The summed E-state index contributed by atoms with van der Waals surface area (Å²) in [5.41, 5.74) is 4.73. The van der Waals surface area contributed by atoms with Crippen LogP contribution in [0.5, 0.6) is 0 Å². The molecule has 4 aromatic rings. The number of para-hydroxylation sites is 4. The topological polar surface area (TPSA) is 49.9 Å². The Labute approximate surface area is 287 Å². The van der Waals surface area contributed by atoms with Crippen LogP contribution in [0.4, 0.5) is 22.7 Å². The Morgan fingerprint density at radius 2 is 0.417 bits per heavy atom. The molecule has 8 heteroatoms. The molecule has 5 rings (SSSR count). The highest BCUT2D eigenvalue weighted by Crippen LogP contribution is 2.16. The summed E-state index contributed by atoms with van der Waals surface area (Å²) in [4.78, 5) is 9.40. The second-order valence-corrected chi connectivity index (χ2v) is 11.7. The van der Waals surface area contributed by atoms with Gasteiger partial charge in [-0.05, 0) is 48.5 Å². The van der Waals surface area contributed by atoms with Crippen molar-refractivity contribution < 1.29 is 18.9 Å². The molecular formula is C40H52N4O4. The number of nitrogens with zero attached hydrogens (tertiary/aromatic N) is 4. The largest absolute Gasteiger partial charge is 0.378 e. The highest BCUT2D eigenvalue weighted by molar-refractivity contribution is 5.48. The van der Waals surface area contributed by atoms with Crippen molar-refractivity contribution in [3.63, 3.8) is 0 Å². The van der Waals surface area contributed by atoms with Gasteiger partial charge in [0, 0.05) is 75.1 Å². The Kier molecular flexibility index (Phi) is 15.4. The van der Waals surface area contributed by atoms with E-state index >= 15 is 0 Å². The van der Waals surface area contributed by atoms with Gasteiger partial charge < -0.3 is 38.5 Å². The zero-order chi connectivity index (χ0) is 32.9. The van der Waals surface area contributed by atoms with Gasteiger partial charge in [-0.15, -0.1) is 0 Å². The molecule has 0 unspecified atom stereocenters. The molecule has 1 saturated heterocycles. The summed E-state index contributed by atoms with van der Waals surface area (Å²) in [5, 5.41) is 0. The van der Waals surface area contributed by atoms with Crippen LogP contribution >= 0.6 is 0 Å². The van der Waals surface area contributed by atoms with E-state index in [1.54, 1.807) is 0 Å². The molecule has 0 aliphatic carbocycles. The summed E-state index contributed by atoms with van der Waals surface area (Å²) in [7, 11) is 0. The Morgan fingerprint density at radius 1 is 0.250 bits per heavy atom. The second-order valence-electron chi connectivity index (χ2n) is 11.7. The van der Waals surface area contributed by atoms with Crippen LogP contribution in [-0.2, 0) is 18.9 Å². The molecule has 8 nitrogen and oxygen atoms in total. The third kappa shape index (κ3) is 12.2. The van der Waals surface area contributed by atoms with Crippen LogP contribution in [0.3, 0.4) is 0 Å². The fraction of sp³-hybridized carbons (Fsp3) is 0.400. The average molecular weight is 653 g/mol. The van der Waals surface area contributed by atoms with Crippen molar-refractivity contribution in [2.75, 3.05) is 125 Å². The van der Waals surface area contributed by atoms with Crippen molar-refractivity contribution in [2.45, 2.75) is 0 Å². The van der Waals surface area contributed by atoms with E-state index in [0.717, 1.165) is 52.4 Å². The molecule has 256 valence electrons. The zero-order valence-electron chi connectivity index (χ0n) is 28.3. The quantitative estimate of drug-likeness (QED) is 0.263. The first-order valence-electron chi connectivity index (χ1n) is 17.4. The first-order chi connectivity index (χ1) is 23.9. The van der Waals surface area contributed by atoms with Crippen molar-refractivity contribution in [3.8, 4) is 0 Å². The van der Waals surface area contributed by atoms with Gasteiger partial charge in [0.1, 0.15) is 0 Å². The van der Waals surface area contributed by atoms with Crippen molar-refractivity contribution in [3.05, 3.63) is 121 Å². The van der Waals surface area contributed by atoms with Gasteiger partial charge in [-0.2, -0.15) is 0 Å². The van der Waals surface area contributed by atoms with Gasteiger partial charge >= 0.3 is 0 Å². The van der Waals surface area contributed by atoms with E-state index < -0.39 is 0 Å². The Bertz CT molecular complexity index is 1130. The molecule has 0 amide bonds. The maximum atomic E-state index is 6.21. The molecule has 0 saturated carbocycles. The fourth-order valence-corrected chi connectivity index (χ4v) is 5.84. The van der Waals surface area contributed by atoms with Crippen molar-refractivity contribution >= 4 is 22.7 Å². The number of ether oxygens (including phenoxy) is 4. The van der Waals surface area contributed by atoms with Gasteiger partial charge in [0.15, 0.2) is 0 Å². The molecule has 1 heterocycles. The van der Waals surface area contributed by atoms with Crippen LogP contribution in [0.2, 0.25) is 0 Å². The Morgan fingerprint density at radius 3 is 0.583 bits per heavy atom. The third-order valence-corrected chi connectivity index (χ3v) is 8.53. The van der Waals surface area contributed by atoms with Gasteiger partial charge in [0.25, 0.3) is 0 Å². The summed E-state index contributed by atoms with van der Waals surface area (Å²) in [6.07, 6.45) is 0. The monoisotopic (exact) mass is 652 g/mol. The van der Waals surface area contributed by atoms with Crippen LogP contribution in [0.25, 0.3) is 0 Å². The smallest absolute Gasteiger partial charge is 0.0642 e. The minimum Gasteiger partial charge on any atom is -0.378 e. The SMILES string of the molecule is c1ccc(N2CCOCCN(c3ccccc3)CCOCCN(c3ccccc3)CCOCCN(c3ccccc3)CCOCC2)cc1. The molecule has 4 aromatic carbocycles. The van der Waals surface area contributed by atoms with E-state index in [0.29, 0.717) is 52.9 Å². The molecular weight excluding hydrogens is 600 g/mol. The summed E-state index contributed by atoms with van der Waals surface area (Å²) in [6.45, 7) is 11.5. The lowest BCUT2D eigenvalue weighted by Crippen LogP contribution is -2.36. The molecule has 1 aliphatic heterocycles. The molecule has 0 aromatic heterocycles. The maximum Gasteiger partial charge on any atom is 0.0642 e. The summed E-state index contributed by atoms with van der Waals surface area (Å²) in [5.74, 6) is 0. The van der Waals surface area contributed by atoms with E-state index in [1.165, 1.54) is 22.7 Å².